The van der Waals surface area contributed by atoms with E-state index in [1.165, 1.54) is 12.1 Å². The lowest BCUT2D eigenvalue weighted by Crippen LogP contribution is -2.45. The summed E-state index contributed by atoms with van der Waals surface area (Å²) < 4.78 is 15.2. The van der Waals surface area contributed by atoms with Crippen LogP contribution < -0.4 is 5.32 Å². The number of aryl methyl sites for hydroxylation is 2. The topological polar surface area (TPSA) is 67.2 Å². The number of hydrogen-bond donors (Lipinski definition) is 1. The highest BCUT2D eigenvalue weighted by Crippen LogP contribution is 2.31. The number of rotatable bonds is 4. The molecule has 1 atom stereocenters. The van der Waals surface area contributed by atoms with Gasteiger partial charge in [-0.2, -0.15) is 5.10 Å². The molecule has 2 aliphatic rings. The number of halogens is 1. The first-order valence-electron chi connectivity index (χ1n) is 11.1. The van der Waals surface area contributed by atoms with Gasteiger partial charge in [-0.1, -0.05) is 6.07 Å². The predicted molar refractivity (Wildman–Crippen MR) is 127 cm³/mol. The quantitative estimate of drug-likeness (QED) is 0.626. The fraction of sp³-hybridized carbons (Fsp3) is 0.320. The average molecular weight is 465 g/mol. The number of nitrogens with one attached hydrogen (secondary N) is 1. The van der Waals surface area contributed by atoms with Gasteiger partial charge in [0.15, 0.2) is 5.69 Å². The van der Waals surface area contributed by atoms with Gasteiger partial charge in [0, 0.05) is 22.7 Å². The minimum absolute atomic E-state index is 0.189. The molecule has 0 saturated carbocycles. The first kappa shape index (κ1) is 21.7. The standard InChI is InChI=1S/C25H25FN4O2S/c1-15-6-9-18(12-16(15)2)27-24(31)22-13-33-14-29(22)25(32)23-20-4-3-5-21(20)30(28-23)19-10-7-17(26)8-11-19/h6-12,22H,3-5,13-14H2,1-2H3,(H,27,31). The van der Waals surface area contributed by atoms with E-state index in [-0.39, 0.29) is 17.6 Å². The second kappa shape index (κ2) is 8.67. The smallest absolute Gasteiger partial charge is 0.276 e. The molecule has 1 fully saturated rings. The second-order valence-corrected chi connectivity index (χ2v) is 9.59. The zero-order chi connectivity index (χ0) is 23.1. The highest BCUT2D eigenvalue weighted by molar-refractivity contribution is 7.99. The van der Waals surface area contributed by atoms with Gasteiger partial charge in [0.05, 0.1) is 11.6 Å². The van der Waals surface area contributed by atoms with Gasteiger partial charge in [-0.05, 0) is 80.6 Å². The van der Waals surface area contributed by atoms with E-state index in [1.807, 2.05) is 32.0 Å². The van der Waals surface area contributed by atoms with Crippen LogP contribution >= 0.6 is 11.8 Å². The molecule has 5 rings (SSSR count). The lowest BCUT2D eigenvalue weighted by molar-refractivity contribution is -0.119. The molecule has 2 heterocycles. The number of thioether (sulfide) groups is 1. The van der Waals surface area contributed by atoms with Crippen LogP contribution in [0.25, 0.3) is 5.69 Å². The molecule has 1 aromatic heterocycles. The van der Waals surface area contributed by atoms with Crippen molar-refractivity contribution in [2.45, 2.75) is 39.2 Å². The maximum Gasteiger partial charge on any atom is 0.276 e. The monoisotopic (exact) mass is 464 g/mol. The van der Waals surface area contributed by atoms with Gasteiger partial charge in [0.2, 0.25) is 5.91 Å². The molecule has 1 aliphatic carbocycles. The van der Waals surface area contributed by atoms with E-state index >= 15 is 0 Å². The van der Waals surface area contributed by atoms with Crippen LogP contribution in [0.3, 0.4) is 0 Å². The van der Waals surface area contributed by atoms with Crippen molar-refractivity contribution in [2.24, 2.45) is 0 Å². The van der Waals surface area contributed by atoms with Gasteiger partial charge < -0.3 is 10.2 Å². The first-order valence-corrected chi connectivity index (χ1v) is 12.2. The third-order valence-electron chi connectivity index (χ3n) is 6.42. The lowest BCUT2D eigenvalue weighted by atomic mass is 10.1. The zero-order valence-electron chi connectivity index (χ0n) is 18.6. The van der Waals surface area contributed by atoms with Crippen LogP contribution in [0.15, 0.2) is 42.5 Å². The van der Waals surface area contributed by atoms with Crippen LogP contribution in [-0.2, 0) is 17.6 Å². The van der Waals surface area contributed by atoms with Crippen LogP contribution in [0.4, 0.5) is 10.1 Å². The molecular formula is C25H25FN4O2S. The Morgan fingerprint density at radius 1 is 1.09 bits per heavy atom. The molecule has 2 amide bonds. The van der Waals surface area contributed by atoms with Crippen LogP contribution in [-0.4, -0.2) is 44.2 Å². The van der Waals surface area contributed by atoms with Crippen molar-refractivity contribution in [1.29, 1.82) is 0 Å². The van der Waals surface area contributed by atoms with Crippen molar-refractivity contribution in [3.63, 3.8) is 0 Å². The fourth-order valence-corrected chi connectivity index (χ4v) is 5.60. The van der Waals surface area contributed by atoms with Gasteiger partial charge >= 0.3 is 0 Å². The van der Waals surface area contributed by atoms with E-state index < -0.39 is 6.04 Å². The molecule has 1 N–H and O–H groups in total. The Morgan fingerprint density at radius 3 is 2.64 bits per heavy atom. The molecule has 6 nitrogen and oxygen atoms in total. The van der Waals surface area contributed by atoms with E-state index in [2.05, 4.69) is 10.4 Å². The summed E-state index contributed by atoms with van der Waals surface area (Å²) in [4.78, 5) is 28.3. The number of benzene rings is 2. The van der Waals surface area contributed by atoms with Crippen molar-refractivity contribution in [2.75, 3.05) is 16.9 Å². The van der Waals surface area contributed by atoms with Gasteiger partial charge in [-0.3, -0.25) is 9.59 Å². The number of anilines is 1. The van der Waals surface area contributed by atoms with Gasteiger partial charge in [-0.25, -0.2) is 9.07 Å². The lowest BCUT2D eigenvalue weighted by Gasteiger charge is -2.23. The fourth-order valence-electron chi connectivity index (χ4n) is 4.45. The Hall–Kier alpha value is -3.13. The average Bonchev–Trinajstić information content (AvgIpc) is 3.53. The van der Waals surface area contributed by atoms with E-state index in [1.54, 1.807) is 33.5 Å². The highest BCUT2D eigenvalue weighted by atomic mass is 32.2. The molecule has 170 valence electrons. The Labute approximate surface area is 196 Å². The molecule has 1 unspecified atom stereocenters. The van der Waals surface area contributed by atoms with Crippen molar-refractivity contribution >= 4 is 29.3 Å². The summed E-state index contributed by atoms with van der Waals surface area (Å²) in [6.45, 7) is 4.03. The van der Waals surface area contributed by atoms with E-state index in [4.69, 9.17) is 0 Å². The summed E-state index contributed by atoms with van der Waals surface area (Å²) in [6.07, 6.45) is 2.54. The molecule has 0 bridgehead atoms. The molecule has 0 spiro atoms. The largest absolute Gasteiger partial charge is 0.324 e. The summed E-state index contributed by atoms with van der Waals surface area (Å²) in [5.41, 5.74) is 6.05. The molecule has 1 saturated heterocycles. The van der Waals surface area contributed by atoms with Crippen molar-refractivity contribution in [3.05, 3.63) is 76.4 Å². The number of carbonyl (C=O) groups excluding carboxylic acids is 2. The van der Waals surface area contributed by atoms with Crippen molar-refractivity contribution in [3.8, 4) is 5.69 Å². The minimum Gasteiger partial charge on any atom is -0.324 e. The van der Waals surface area contributed by atoms with Gasteiger partial charge in [0.1, 0.15) is 11.9 Å². The molecule has 1 aliphatic heterocycles. The number of nitrogens with zero attached hydrogens (tertiary/aromatic N) is 3. The third-order valence-corrected chi connectivity index (χ3v) is 7.44. The third kappa shape index (κ3) is 4.04. The predicted octanol–water partition coefficient (Wildman–Crippen LogP) is 4.27. The summed E-state index contributed by atoms with van der Waals surface area (Å²) in [6, 6.07) is 11.4. The van der Waals surface area contributed by atoms with Crippen LogP contribution in [0.1, 0.15) is 39.3 Å². The number of fused-ring (bicyclic) bond motifs is 1. The zero-order valence-corrected chi connectivity index (χ0v) is 19.4. The SMILES string of the molecule is Cc1ccc(NC(=O)C2CSCN2C(=O)c2nn(-c3ccc(F)cc3)c3c2CCC3)cc1C. The highest BCUT2D eigenvalue weighted by Gasteiger charge is 2.38. The first-order chi connectivity index (χ1) is 15.9. The Kier molecular flexibility index (Phi) is 5.70. The molecule has 2 aromatic carbocycles. The van der Waals surface area contributed by atoms with E-state index in [0.29, 0.717) is 17.3 Å². The maximum absolute atomic E-state index is 13.6. The Morgan fingerprint density at radius 2 is 1.88 bits per heavy atom. The van der Waals surface area contributed by atoms with Crippen LogP contribution in [0.5, 0.6) is 0 Å². The summed E-state index contributed by atoms with van der Waals surface area (Å²) in [5.74, 6) is 0.265. The normalized spacial score (nSPS) is 17.3. The molecule has 3 aromatic rings. The number of amides is 2. The summed E-state index contributed by atoms with van der Waals surface area (Å²) in [7, 11) is 0. The van der Waals surface area contributed by atoms with Crippen molar-refractivity contribution < 1.29 is 14.0 Å². The maximum atomic E-state index is 13.6. The molecule has 0 radical (unpaired) electrons. The second-order valence-electron chi connectivity index (χ2n) is 8.59. The van der Waals surface area contributed by atoms with E-state index in [9.17, 15) is 14.0 Å². The summed E-state index contributed by atoms with van der Waals surface area (Å²) in [5, 5.41) is 7.61. The molecular weight excluding hydrogens is 439 g/mol. The van der Waals surface area contributed by atoms with E-state index in [0.717, 1.165) is 53.0 Å². The van der Waals surface area contributed by atoms with Crippen LogP contribution in [0, 0.1) is 19.7 Å². The number of hydrogen-bond acceptors (Lipinski definition) is 4. The molecule has 33 heavy (non-hydrogen) atoms. The Bertz CT molecular complexity index is 1240. The Balaban J connectivity index is 1.40. The molecule has 8 heteroatoms. The minimum atomic E-state index is -0.558. The van der Waals surface area contributed by atoms with Crippen molar-refractivity contribution in [1.82, 2.24) is 14.7 Å². The van der Waals surface area contributed by atoms with Gasteiger partial charge in [0.25, 0.3) is 5.91 Å². The van der Waals surface area contributed by atoms with Gasteiger partial charge in [-0.15, -0.1) is 11.8 Å². The van der Waals surface area contributed by atoms with Crippen LogP contribution in [0.2, 0.25) is 0 Å². The summed E-state index contributed by atoms with van der Waals surface area (Å²) >= 11 is 1.56. The number of carbonyl (C=O) groups is 2. The number of aromatic nitrogens is 2.